The smallest absolute Gasteiger partial charge is 0.416 e. The van der Waals surface area contributed by atoms with Crippen LogP contribution in [0.25, 0.3) is 16.7 Å². The number of aryl methyl sites for hydroxylation is 1. The first-order chi connectivity index (χ1) is 23.0. The van der Waals surface area contributed by atoms with Crippen LogP contribution in [-0.4, -0.2) is 85.9 Å². The van der Waals surface area contributed by atoms with Crippen LogP contribution in [-0.2, 0) is 24.3 Å². The number of anilines is 2. The summed E-state index contributed by atoms with van der Waals surface area (Å²) >= 11 is 12.3. The van der Waals surface area contributed by atoms with Gasteiger partial charge < -0.3 is 14.4 Å². The topological polar surface area (TPSA) is 127 Å². The first-order valence-corrected chi connectivity index (χ1v) is 17.9. The van der Waals surface area contributed by atoms with Crippen molar-refractivity contribution in [1.82, 2.24) is 19.4 Å². The minimum absolute atomic E-state index is 0.138. The largest absolute Gasteiger partial charge is 0.464 e. The molecule has 0 unspecified atom stereocenters. The van der Waals surface area contributed by atoms with Crippen LogP contribution in [0.1, 0.15) is 46.1 Å². The first kappa shape index (κ1) is 37.9. The van der Waals surface area contributed by atoms with Gasteiger partial charge in [0.2, 0.25) is 0 Å². The van der Waals surface area contributed by atoms with E-state index >= 15 is 0 Å². The lowest BCUT2D eigenvalue weighted by atomic mass is 10.2. The van der Waals surface area contributed by atoms with Gasteiger partial charge in [-0.25, -0.2) is 23.2 Å². The summed E-state index contributed by atoms with van der Waals surface area (Å²) in [7, 11) is -0.484. The molecule has 0 aliphatic rings. The van der Waals surface area contributed by atoms with Gasteiger partial charge in [0.15, 0.2) is 11.6 Å². The average Bonchev–Trinajstić information content (AvgIpc) is 3.34. The number of nitrogens with zero attached hydrogens (tertiary/aromatic N) is 6. The summed E-state index contributed by atoms with van der Waals surface area (Å²) in [6.45, 7) is 9.79. The minimum Gasteiger partial charge on any atom is -0.464 e. The van der Waals surface area contributed by atoms with Gasteiger partial charge >= 0.3 is 12.1 Å². The molecule has 0 N–H and O–H groups in total. The highest BCUT2D eigenvalue weighted by atomic mass is 35.5. The molecule has 0 radical (unpaired) electrons. The molecule has 2 heterocycles. The highest BCUT2D eigenvalue weighted by Gasteiger charge is 2.30. The molecule has 0 fully saturated rings. The number of likely N-dealkylation sites (N-methyl/N-ethyl adjacent to an activating group) is 1. The molecule has 2 aromatic heterocycles. The fraction of sp³-hybridized carbons (Fsp3) is 0.412. The summed E-state index contributed by atoms with van der Waals surface area (Å²) in [6.07, 6.45) is 5.86. The molecule has 0 aliphatic carbocycles. The zero-order valence-electron chi connectivity index (χ0n) is 28.7. The minimum atomic E-state index is -4.30. The lowest BCUT2D eigenvalue weighted by molar-refractivity contribution is -0.141. The maximum absolute atomic E-state index is 14.0. The van der Waals surface area contributed by atoms with Crippen molar-refractivity contribution in [3.8, 4) is 5.82 Å². The van der Waals surface area contributed by atoms with Crippen LogP contribution in [0.4, 0.5) is 16.3 Å². The predicted molar refractivity (Wildman–Crippen MR) is 193 cm³/mol. The summed E-state index contributed by atoms with van der Waals surface area (Å²) in [5, 5.41) is 0.992. The van der Waals surface area contributed by atoms with E-state index in [-0.39, 0.29) is 27.2 Å². The highest BCUT2D eigenvalue weighted by molar-refractivity contribution is 7.92. The normalized spacial score (nSPS) is 12.0. The number of halogens is 2. The van der Waals surface area contributed by atoms with E-state index in [0.717, 1.165) is 16.3 Å². The van der Waals surface area contributed by atoms with Gasteiger partial charge in [-0.3, -0.25) is 18.6 Å². The van der Waals surface area contributed by atoms with Gasteiger partial charge in [-0.05, 0) is 90.2 Å². The molecular weight excluding hydrogens is 691 g/mol. The zero-order valence-corrected chi connectivity index (χ0v) is 31.1. The fourth-order valence-corrected chi connectivity index (χ4v) is 6.96. The third-order valence-electron chi connectivity index (χ3n) is 7.27. The lowest BCUT2D eigenvalue weighted by Crippen LogP contribution is -2.41. The quantitative estimate of drug-likeness (QED) is 0.107. The van der Waals surface area contributed by atoms with Crippen molar-refractivity contribution in [2.75, 3.05) is 49.5 Å². The van der Waals surface area contributed by atoms with Crippen molar-refractivity contribution in [2.45, 2.75) is 58.0 Å². The summed E-state index contributed by atoms with van der Waals surface area (Å²) in [6, 6.07) is 9.04. The second-order valence-electron chi connectivity index (χ2n) is 12.7. The Hall–Kier alpha value is -3.91. The molecule has 0 saturated carbocycles. The van der Waals surface area contributed by atoms with E-state index in [1.165, 1.54) is 29.3 Å². The van der Waals surface area contributed by atoms with Gasteiger partial charge in [0, 0.05) is 34.7 Å². The number of rotatable bonds is 13. The molecule has 4 rings (SSSR count). The molecule has 0 spiro atoms. The predicted octanol–water partition coefficient (Wildman–Crippen LogP) is 6.88. The van der Waals surface area contributed by atoms with E-state index in [1.54, 1.807) is 45.2 Å². The number of hydrogen-bond donors (Lipinski definition) is 0. The number of carbonyl (C=O) groups is 2. The Balaban J connectivity index is 1.72. The number of hydrogen-bond acceptors (Lipinski definition) is 9. The van der Waals surface area contributed by atoms with Crippen LogP contribution in [0.2, 0.25) is 10.0 Å². The standard InChI is InChI=1S/C34H42Cl2N6O6S/c1-8-9-14-47-32(43)22-42(49(45,46)27-16-24(35)15-25(36)17-27)26-10-11-29-28(18-26)23(2)21-41(29)31-20-37-30(19-38-31)40(13-12-39(6)7)33(44)48-34(3,4)5/h10-11,15-21H,8-9,12-14,22H2,1-7H3. The number of sulfonamides is 1. The Labute approximate surface area is 297 Å². The molecule has 1 amide bonds. The molecule has 0 aliphatic heterocycles. The van der Waals surface area contributed by atoms with E-state index in [9.17, 15) is 18.0 Å². The van der Waals surface area contributed by atoms with E-state index < -0.39 is 34.2 Å². The SMILES string of the molecule is CCCCOC(=O)CN(c1ccc2c(c1)c(C)cn2-c1cnc(N(CCN(C)C)C(=O)OC(C)(C)C)cn1)S(=O)(=O)c1cc(Cl)cc(Cl)c1. The number of benzene rings is 2. The second-order valence-corrected chi connectivity index (χ2v) is 15.5. The van der Waals surface area contributed by atoms with Crippen LogP contribution in [0.15, 0.2) is 59.9 Å². The van der Waals surface area contributed by atoms with Crippen molar-refractivity contribution < 1.29 is 27.5 Å². The lowest BCUT2D eigenvalue weighted by Gasteiger charge is -2.27. The summed E-state index contributed by atoms with van der Waals surface area (Å²) in [5.41, 5.74) is 1.09. The van der Waals surface area contributed by atoms with E-state index in [0.29, 0.717) is 42.0 Å². The van der Waals surface area contributed by atoms with Gasteiger partial charge in [-0.1, -0.05) is 36.5 Å². The van der Waals surface area contributed by atoms with Gasteiger partial charge in [0.25, 0.3) is 10.0 Å². The van der Waals surface area contributed by atoms with E-state index in [1.807, 2.05) is 43.6 Å². The molecule has 0 atom stereocenters. The maximum Gasteiger partial charge on any atom is 0.416 e. The number of esters is 1. The molecule has 264 valence electrons. The Morgan fingerprint density at radius 1 is 0.980 bits per heavy atom. The number of amides is 1. The molecular formula is C34H42Cl2N6O6S. The maximum atomic E-state index is 14.0. The van der Waals surface area contributed by atoms with Gasteiger partial charge in [0.05, 0.1) is 35.1 Å². The van der Waals surface area contributed by atoms with Crippen LogP contribution < -0.4 is 9.21 Å². The highest BCUT2D eigenvalue weighted by Crippen LogP contribution is 2.33. The first-order valence-electron chi connectivity index (χ1n) is 15.7. The van der Waals surface area contributed by atoms with Crippen molar-refractivity contribution in [3.05, 3.63) is 70.6 Å². The van der Waals surface area contributed by atoms with Gasteiger partial charge in [-0.2, -0.15) is 0 Å². The number of unbranched alkanes of at least 4 members (excludes halogenated alkanes) is 1. The van der Waals surface area contributed by atoms with Gasteiger partial charge in [0.1, 0.15) is 12.1 Å². The van der Waals surface area contributed by atoms with Crippen molar-refractivity contribution >= 4 is 67.7 Å². The molecule has 2 aromatic carbocycles. The Morgan fingerprint density at radius 3 is 2.27 bits per heavy atom. The zero-order chi connectivity index (χ0) is 36.1. The van der Waals surface area contributed by atoms with Crippen molar-refractivity contribution in [3.63, 3.8) is 0 Å². The van der Waals surface area contributed by atoms with Crippen molar-refractivity contribution in [1.29, 1.82) is 0 Å². The Morgan fingerprint density at radius 2 is 1.67 bits per heavy atom. The van der Waals surface area contributed by atoms with Crippen molar-refractivity contribution in [2.24, 2.45) is 0 Å². The van der Waals surface area contributed by atoms with Crippen LogP contribution >= 0.6 is 23.2 Å². The number of carbonyl (C=O) groups excluding carboxylic acids is 2. The monoisotopic (exact) mass is 732 g/mol. The second kappa shape index (κ2) is 15.8. The molecule has 0 saturated heterocycles. The molecule has 12 nitrogen and oxygen atoms in total. The van der Waals surface area contributed by atoms with Crippen LogP contribution in [0.3, 0.4) is 0 Å². The fourth-order valence-electron chi connectivity index (χ4n) is 4.83. The average molecular weight is 734 g/mol. The van der Waals surface area contributed by atoms with Crippen LogP contribution in [0.5, 0.6) is 0 Å². The number of ether oxygens (including phenoxy) is 2. The van der Waals surface area contributed by atoms with E-state index in [4.69, 9.17) is 32.7 Å². The third kappa shape index (κ3) is 9.62. The summed E-state index contributed by atoms with van der Waals surface area (Å²) < 4.78 is 41.7. The molecule has 15 heteroatoms. The van der Waals surface area contributed by atoms with E-state index in [2.05, 4.69) is 9.97 Å². The molecule has 0 bridgehead atoms. The van der Waals surface area contributed by atoms with Crippen LogP contribution in [0, 0.1) is 6.92 Å². The number of aromatic nitrogens is 3. The third-order valence-corrected chi connectivity index (χ3v) is 9.45. The van der Waals surface area contributed by atoms with Gasteiger partial charge in [-0.15, -0.1) is 0 Å². The molecule has 4 aromatic rings. The Kier molecular flexibility index (Phi) is 12.2. The summed E-state index contributed by atoms with van der Waals surface area (Å²) in [5.74, 6) is 0.118. The number of fused-ring (bicyclic) bond motifs is 1. The molecule has 49 heavy (non-hydrogen) atoms. The summed E-state index contributed by atoms with van der Waals surface area (Å²) in [4.78, 5) is 38.3. The Bertz CT molecular complexity index is 1890.